The predicted octanol–water partition coefficient (Wildman–Crippen LogP) is 3.05. The Bertz CT molecular complexity index is 1560. The van der Waals surface area contributed by atoms with Crippen LogP contribution in [0.4, 0.5) is 10.1 Å². The fraction of sp³-hybridized carbons (Fsp3) is 0.414. The fourth-order valence-corrected chi connectivity index (χ4v) is 6.40. The molecule has 1 aliphatic carbocycles. The van der Waals surface area contributed by atoms with Crippen LogP contribution in [0.5, 0.6) is 5.75 Å². The molecule has 3 aromatic rings. The molecule has 0 spiro atoms. The highest BCUT2D eigenvalue weighted by Crippen LogP contribution is 2.46. The first-order valence-electron chi connectivity index (χ1n) is 13.5. The monoisotopic (exact) mass is 584 g/mol. The molecule has 1 aliphatic heterocycles. The van der Waals surface area contributed by atoms with Crippen molar-refractivity contribution < 1.29 is 27.1 Å². The van der Waals surface area contributed by atoms with Gasteiger partial charge in [-0.1, -0.05) is 30.3 Å². The van der Waals surface area contributed by atoms with Gasteiger partial charge in [0.2, 0.25) is 15.8 Å². The van der Waals surface area contributed by atoms with Crippen LogP contribution in [0.25, 0.3) is 5.69 Å². The number of carbonyl (C=O) groups excluding carboxylic acids is 1. The summed E-state index contributed by atoms with van der Waals surface area (Å²) in [5.74, 6) is -0.926. The number of anilines is 1. The van der Waals surface area contributed by atoms with Crippen molar-refractivity contribution in [3.8, 4) is 11.4 Å². The largest absolute Gasteiger partial charge is 0.485 e. The van der Waals surface area contributed by atoms with Crippen LogP contribution in [0, 0.1) is 18.2 Å². The molecule has 2 aliphatic rings. The van der Waals surface area contributed by atoms with Gasteiger partial charge in [0.15, 0.2) is 0 Å². The van der Waals surface area contributed by atoms with E-state index in [2.05, 4.69) is 5.10 Å². The van der Waals surface area contributed by atoms with E-state index in [1.54, 1.807) is 25.1 Å². The second-order valence-electron chi connectivity index (χ2n) is 10.8. The molecule has 12 heteroatoms. The number of ether oxygens (including phenoxy) is 2. The second kappa shape index (κ2) is 11.6. The molecule has 0 atom stereocenters. The number of hydrogen-bond acceptors (Lipinski definition) is 8. The number of aromatic nitrogens is 2. The maximum atomic E-state index is 14.2. The highest BCUT2D eigenvalue weighted by Gasteiger charge is 2.45. The molecule has 1 saturated heterocycles. The zero-order valence-electron chi connectivity index (χ0n) is 23.1. The number of piperazine rings is 1. The number of hydrogen-bond donors (Lipinski definition) is 0. The molecule has 5 rings (SSSR count). The first kappa shape index (κ1) is 28.7. The summed E-state index contributed by atoms with van der Waals surface area (Å²) < 4.78 is 54.2. The van der Waals surface area contributed by atoms with Gasteiger partial charge >= 0.3 is 11.5 Å². The van der Waals surface area contributed by atoms with Crippen molar-refractivity contribution >= 4 is 21.7 Å². The molecule has 2 heterocycles. The van der Waals surface area contributed by atoms with Crippen LogP contribution in [0.1, 0.15) is 30.9 Å². The molecule has 0 unspecified atom stereocenters. The summed E-state index contributed by atoms with van der Waals surface area (Å²) in [6.07, 6.45) is 3.07. The molecule has 10 nitrogen and oxygen atoms in total. The lowest BCUT2D eigenvalue weighted by atomic mass is 10.1. The first-order chi connectivity index (χ1) is 19.6. The quantitative estimate of drug-likeness (QED) is 0.335. The minimum absolute atomic E-state index is 0.0385. The number of carbonyl (C=O) groups is 1. The van der Waals surface area contributed by atoms with Gasteiger partial charge in [0.05, 0.1) is 24.2 Å². The van der Waals surface area contributed by atoms with Crippen molar-refractivity contribution in [1.29, 1.82) is 0 Å². The number of nitrogens with zero attached hydrogens (tertiary/aromatic N) is 4. The van der Waals surface area contributed by atoms with Gasteiger partial charge in [-0.2, -0.15) is 14.1 Å². The van der Waals surface area contributed by atoms with Crippen molar-refractivity contribution in [2.45, 2.75) is 32.4 Å². The van der Waals surface area contributed by atoms with E-state index in [-0.39, 0.29) is 54.9 Å². The van der Waals surface area contributed by atoms with Gasteiger partial charge in [-0.15, -0.1) is 0 Å². The number of sulfonamides is 1. The Morgan fingerprint density at radius 1 is 1.05 bits per heavy atom. The van der Waals surface area contributed by atoms with Crippen molar-refractivity contribution in [2.75, 3.05) is 44.3 Å². The van der Waals surface area contributed by atoms with Crippen LogP contribution in [0.2, 0.25) is 0 Å². The maximum absolute atomic E-state index is 14.2. The number of esters is 1. The van der Waals surface area contributed by atoms with Crippen LogP contribution in [-0.2, 0) is 25.3 Å². The highest BCUT2D eigenvalue weighted by molar-refractivity contribution is 7.88. The van der Waals surface area contributed by atoms with Crippen LogP contribution in [-0.4, -0.2) is 67.9 Å². The Morgan fingerprint density at radius 3 is 2.39 bits per heavy atom. The van der Waals surface area contributed by atoms with E-state index < -0.39 is 21.4 Å². The summed E-state index contributed by atoms with van der Waals surface area (Å²) in [6, 6.07) is 13.3. The van der Waals surface area contributed by atoms with Gasteiger partial charge in [0.1, 0.15) is 18.1 Å². The fourth-order valence-electron chi connectivity index (χ4n) is 4.88. The summed E-state index contributed by atoms with van der Waals surface area (Å²) in [5.41, 5.74) is 1.11. The van der Waals surface area contributed by atoms with Crippen LogP contribution < -0.4 is 15.2 Å². The Balaban J connectivity index is 1.39. The molecule has 1 aromatic heterocycles. The second-order valence-corrected chi connectivity index (χ2v) is 12.7. The third kappa shape index (κ3) is 6.76. The van der Waals surface area contributed by atoms with Gasteiger partial charge in [-0.25, -0.2) is 12.8 Å². The zero-order chi connectivity index (χ0) is 29.2. The van der Waals surface area contributed by atoms with Gasteiger partial charge < -0.3 is 14.4 Å². The Morgan fingerprint density at radius 2 is 1.76 bits per heavy atom. The summed E-state index contributed by atoms with van der Waals surface area (Å²) in [7, 11) is -3.53. The van der Waals surface area contributed by atoms with E-state index in [0.29, 0.717) is 29.9 Å². The van der Waals surface area contributed by atoms with Crippen molar-refractivity contribution in [1.82, 2.24) is 14.1 Å². The molecule has 218 valence electrons. The van der Waals surface area contributed by atoms with Gasteiger partial charge in [0.25, 0.3) is 0 Å². The SMILES string of the molecule is CC(=O)OCC1(COc2c(N3CCN(S(=O)(=O)Cc4ccccc4)CC3)cnn(-c3cc(C)cc(F)c3)c2=O)CC1. The van der Waals surface area contributed by atoms with Crippen LogP contribution in [0.3, 0.4) is 0 Å². The topological polar surface area (TPSA) is 111 Å². The minimum Gasteiger partial charge on any atom is -0.485 e. The highest BCUT2D eigenvalue weighted by atomic mass is 32.2. The zero-order valence-corrected chi connectivity index (χ0v) is 23.9. The molecule has 41 heavy (non-hydrogen) atoms. The van der Waals surface area contributed by atoms with Gasteiger partial charge in [-0.05, 0) is 49.1 Å². The normalized spacial score (nSPS) is 16.8. The molecule has 0 N–H and O–H groups in total. The molecular weight excluding hydrogens is 551 g/mol. The van der Waals surface area contributed by atoms with Crippen molar-refractivity contribution in [3.63, 3.8) is 0 Å². The molecular formula is C29H33FN4O6S. The molecule has 2 aromatic carbocycles. The number of aryl methyl sites for hydroxylation is 1. The average molecular weight is 585 g/mol. The van der Waals surface area contributed by atoms with Gasteiger partial charge in [0, 0.05) is 38.5 Å². The molecule has 0 bridgehead atoms. The molecule has 0 radical (unpaired) electrons. The summed E-state index contributed by atoms with van der Waals surface area (Å²) in [6.45, 7) is 4.53. The predicted molar refractivity (Wildman–Crippen MR) is 151 cm³/mol. The molecule has 0 amide bonds. The number of benzene rings is 2. The Labute approximate surface area is 238 Å². The van der Waals surface area contributed by atoms with E-state index in [1.165, 1.54) is 29.6 Å². The van der Waals surface area contributed by atoms with E-state index >= 15 is 0 Å². The molecule has 2 fully saturated rings. The summed E-state index contributed by atoms with van der Waals surface area (Å²) in [4.78, 5) is 27.0. The van der Waals surface area contributed by atoms with Gasteiger partial charge in [-0.3, -0.25) is 9.59 Å². The first-order valence-corrected chi connectivity index (χ1v) is 15.1. The standard InChI is InChI=1S/C29H33FN4O6S/c1-21-14-24(30)16-25(15-21)34-28(36)27(40-20-29(8-9-29)19-39-22(2)35)26(17-31-34)32-10-12-33(13-11-32)41(37,38)18-23-6-4-3-5-7-23/h3-7,14-17H,8-13,18-20H2,1-2H3. The number of halogens is 1. The van der Waals surface area contributed by atoms with Crippen molar-refractivity contribution in [2.24, 2.45) is 5.41 Å². The summed E-state index contributed by atoms with van der Waals surface area (Å²) >= 11 is 0. The van der Waals surface area contributed by atoms with Crippen molar-refractivity contribution in [3.05, 3.63) is 82.0 Å². The third-order valence-corrected chi connectivity index (χ3v) is 9.26. The summed E-state index contributed by atoms with van der Waals surface area (Å²) in [5, 5.41) is 4.32. The minimum atomic E-state index is -3.53. The lowest BCUT2D eigenvalue weighted by molar-refractivity contribution is -0.143. The number of rotatable bonds is 10. The Hall–Kier alpha value is -3.77. The Kier molecular flexibility index (Phi) is 8.14. The van der Waals surface area contributed by atoms with E-state index in [9.17, 15) is 22.4 Å². The maximum Gasteiger partial charge on any atom is 0.316 e. The smallest absolute Gasteiger partial charge is 0.316 e. The average Bonchev–Trinajstić information content (AvgIpc) is 3.71. The third-order valence-electron chi connectivity index (χ3n) is 7.41. The lowest BCUT2D eigenvalue weighted by Gasteiger charge is -2.35. The van der Waals surface area contributed by atoms with E-state index in [1.807, 2.05) is 23.1 Å². The van der Waals surface area contributed by atoms with Crippen LogP contribution >= 0.6 is 0 Å². The van der Waals surface area contributed by atoms with E-state index in [0.717, 1.165) is 17.5 Å². The van der Waals surface area contributed by atoms with Crippen LogP contribution in [0.15, 0.2) is 59.5 Å². The van der Waals surface area contributed by atoms with E-state index in [4.69, 9.17) is 9.47 Å². The lowest BCUT2D eigenvalue weighted by Crippen LogP contribution is -2.49. The molecule has 1 saturated carbocycles.